The number of carbonyl (C=O) groups is 2. The van der Waals surface area contributed by atoms with Crippen LogP contribution in [0.4, 0.5) is 11.4 Å². The fraction of sp³-hybridized carbons (Fsp3) is 0. The molecular formula is C20H17N3O4S. The molecule has 142 valence electrons. The van der Waals surface area contributed by atoms with Crippen LogP contribution in [0.15, 0.2) is 83.8 Å². The quantitative estimate of drug-likeness (QED) is 0.595. The Morgan fingerprint density at radius 3 is 2.07 bits per heavy atom. The van der Waals surface area contributed by atoms with Gasteiger partial charge in [-0.25, -0.2) is 8.42 Å². The zero-order chi connectivity index (χ0) is 20.1. The molecule has 3 aromatic rings. The van der Waals surface area contributed by atoms with Crippen LogP contribution in [0.3, 0.4) is 0 Å². The molecule has 0 saturated heterocycles. The predicted molar refractivity (Wildman–Crippen MR) is 107 cm³/mol. The highest BCUT2D eigenvalue weighted by Gasteiger charge is 2.15. The van der Waals surface area contributed by atoms with E-state index >= 15 is 0 Å². The molecule has 2 amide bonds. The van der Waals surface area contributed by atoms with Crippen LogP contribution < -0.4 is 15.8 Å². The van der Waals surface area contributed by atoms with E-state index in [4.69, 9.17) is 5.73 Å². The Morgan fingerprint density at radius 1 is 0.750 bits per heavy atom. The molecule has 0 radical (unpaired) electrons. The van der Waals surface area contributed by atoms with E-state index in [2.05, 4.69) is 10.0 Å². The number of hydrogen-bond acceptors (Lipinski definition) is 4. The van der Waals surface area contributed by atoms with Crippen molar-refractivity contribution < 1.29 is 18.0 Å². The topological polar surface area (TPSA) is 118 Å². The smallest absolute Gasteiger partial charge is 0.261 e. The molecule has 0 aromatic heterocycles. The van der Waals surface area contributed by atoms with E-state index in [1.54, 1.807) is 48.5 Å². The number of nitrogens with two attached hydrogens (primary N) is 1. The summed E-state index contributed by atoms with van der Waals surface area (Å²) >= 11 is 0. The van der Waals surface area contributed by atoms with Crippen molar-refractivity contribution in [2.24, 2.45) is 5.73 Å². The first-order chi connectivity index (χ1) is 13.3. The summed E-state index contributed by atoms with van der Waals surface area (Å²) < 4.78 is 27.3. The van der Waals surface area contributed by atoms with Gasteiger partial charge in [-0.05, 0) is 54.6 Å². The zero-order valence-corrected chi connectivity index (χ0v) is 15.4. The summed E-state index contributed by atoms with van der Waals surface area (Å²) in [4.78, 5) is 23.7. The minimum atomic E-state index is -3.75. The van der Waals surface area contributed by atoms with E-state index < -0.39 is 21.8 Å². The molecule has 0 fully saturated rings. The van der Waals surface area contributed by atoms with Crippen molar-refractivity contribution in [2.45, 2.75) is 4.90 Å². The van der Waals surface area contributed by atoms with Crippen molar-refractivity contribution in [3.05, 3.63) is 90.0 Å². The number of carbonyl (C=O) groups excluding carboxylic acids is 2. The largest absolute Gasteiger partial charge is 0.366 e. The third-order valence-corrected chi connectivity index (χ3v) is 5.25. The summed E-state index contributed by atoms with van der Waals surface area (Å²) in [7, 11) is -3.75. The van der Waals surface area contributed by atoms with E-state index in [9.17, 15) is 18.0 Å². The third-order valence-electron chi connectivity index (χ3n) is 3.86. The molecule has 3 rings (SSSR count). The number of anilines is 2. The summed E-state index contributed by atoms with van der Waals surface area (Å²) in [6.07, 6.45) is 0. The molecule has 0 bridgehead atoms. The second kappa shape index (κ2) is 7.93. The van der Waals surface area contributed by atoms with E-state index in [-0.39, 0.29) is 16.1 Å². The Balaban J connectivity index is 1.75. The Morgan fingerprint density at radius 2 is 1.43 bits per heavy atom. The molecule has 8 heteroatoms. The Kier molecular flexibility index (Phi) is 5.42. The predicted octanol–water partition coefficient (Wildman–Crippen LogP) is 2.84. The Bertz CT molecular complexity index is 1110. The number of sulfonamides is 1. The maximum absolute atomic E-state index is 12.4. The fourth-order valence-electron chi connectivity index (χ4n) is 2.46. The normalized spacial score (nSPS) is 10.9. The van der Waals surface area contributed by atoms with Crippen molar-refractivity contribution in [3.63, 3.8) is 0 Å². The first-order valence-corrected chi connectivity index (χ1v) is 9.73. The molecule has 0 spiro atoms. The van der Waals surface area contributed by atoms with E-state index in [1.165, 1.54) is 30.3 Å². The molecule has 4 N–H and O–H groups in total. The minimum absolute atomic E-state index is 0.124. The lowest BCUT2D eigenvalue weighted by Gasteiger charge is -2.10. The maximum atomic E-state index is 12.4. The van der Waals surface area contributed by atoms with Gasteiger partial charge in [-0.1, -0.05) is 24.3 Å². The van der Waals surface area contributed by atoms with Gasteiger partial charge in [0, 0.05) is 22.5 Å². The van der Waals surface area contributed by atoms with Crippen LogP contribution in [0, 0.1) is 0 Å². The van der Waals surface area contributed by atoms with E-state index in [0.29, 0.717) is 11.3 Å². The first kappa shape index (κ1) is 19.1. The number of primary amides is 1. The van der Waals surface area contributed by atoms with Crippen LogP contribution in [-0.4, -0.2) is 20.2 Å². The van der Waals surface area contributed by atoms with Gasteiger partial charge in [-0.2, -0.15) is 0 Å². The second-order valence-electron chi connectivity index (χ2n) is 5.90. The minimum Gasteiger partial charge on any atom is -0.366 e. The highest BCUT2D eigenvalue weighted by atomic mass is 32.2. The number of amides is 2. The monoisotopic (exact) mass is 395 g/mol. The summed E-state index contributed by atoms with van der Waals surface area (Å²) in [5, 5.41) is 2.68. The van der Waals surface area contributed by atoms with Crippen LogP contribution in [0.2, 0.25) is 0 Å². The van der Waals surface area contributed by atoms with Crippen LogP contribution in [-0.2, 0) is 10.0 Å². The summed E-state index contributed by atoms with van der Waals surface area (Å²) in [5.41, 5.74) is 6.52. The highest BCUT2D eigenvalue weighted by Crippen LogP contribution is 2.18. The average molecular weight is 395 g/mol. The molecule has 3 aromatic carbocycles. The summed E-state index contributed by atoms with van der Waals surface area (Å²) in [6.45, 7) is 0. The molecule has 0 saturated carbocycles. The van der Waals surface area contributed by atoms with Gasteiger partial charge in [0.25, 0.3) is 15.9 Å². The lowest BCUT2D eigenvalue weighted by molar-refractivity contribution is 0.0998. The standard InChI is InChI=1S/C20H17N3O4S/c21-19(24)14-9-11-16(12-10-14)22-20(25)15-5-4-6-17(13-15)23-28(26,27)18-7-2-1-3-8-18/h1-13,23H,(H2,21,24)(H,22,25). The van der Waals surface area contributed by atoms with Crippen LogP contribution in [0.1, 0.15) is 20.7 Å². The van der Waals surface area contributed by atoms with Gasteiger partial charge in [0.15, 0.2) is 0 Å². The molecule has 7 nitrogen and oxygen atoms in total. The number of hydrogen-bond donors (Lipinski definition) is 3. The van der Waals surface area contributed by atoms with Crippen molar-refractivity contribution >= 4 is 33.2 Å². The Hall–Kier alpha value is -3.65. The average Bonchev–Trinajstić information content (AvgIpc) is 2.69. The molecule has 0 aliphatic heterocycles. The van der Waals surface area contributed by atoms with Crippen LogP contribution >= 0.6 is 0 Å². The van der Waals surface area contributed by atoms with Gasteiger partial charge in [0.05, 0.1) is 4.90 Å². The van der Waals surface area contributed by atoms with Gasteiger partial charge >= 0.3 is 0 Å². The van der Waals surface area contributed by atoms with Gasteiger partial charge < -0.3 is 11.1 Å². The number of benzene rings is 3. The fourth-order valence-corrected chi connectivity index (χ4v) is 3.53. The van der Waals surface area contributed by atoms with Crippen molar-refractivity contribution in [1.29, 1.82) is 0 Å². The lowest BCUT2D eigenvalue weighted by atomic mass is 10.1. The summed E-state index contributed by atoms with van der Waals surface area (Å²) in [6, 6.07) is 20.2. The first-order valence-electron chi connectivity index (χ1n) is 8.24. The zero-order valence-electron chi connectivity index (χ0n) is 14.6. The van der Waals surface area contributed by atoms with Crippen molar-refractivity contribution in [3.8, 4) is 0 Å². The second-order valence-corrected chi connectivity index (χ2v) is 7.58. The summed E-state index contributed by atoms with van der Waals surface area (Å²) in [5.74, 6) is -0.983. The van der Waals surface area contributed by atoms with Crippen molar-refractivity contribution in [2.75, 3.05) is 10.0 Å². The molecule has 0 unspecified atom stereocenters. The van der Waals surface area contributed by atoms with E-state index in [1.807, 2.05) is 0 Å². The van der Waals surface area contributed by atoms with Gasteiger partial charge in [-0.15, -0.1) is 0 Å². The van der Waals surface area contributed by atoms with Crippen LogP contribution in [0.5, 0.6) is 0 Å². The van der Waals surface area contributed by atoms with Gasteiger partial charge in [0.2, 0.25) is 5.91 Å². The number of rotatable bonds is 6. The van der Waals surface area contributed by atoms with E-state index in [0.717, 1.165) is 0 Å². The molecule has 0 aliphatic rings. The Labute approximate surface area is 162 Å². The van der Waals surface area contributed by atoms with Gasteiger partial charge in [0.1, 0.15) is 0 Å². The van der Waals surface area contributed by atoms with Crippen molar-refractivity contribution in [1.82, 2.24) is 0 Å². The lowest BCUT2D eigenvalue weighted by Crippen LogP contribution is -2.15. The molecule has 0 aliphatic carbocycles. The molecule has 0 atom stereocenters. The third kappa shape index (κ3) is 4.54. The van der Waals surface area contributed by atoms with Gasteiger partial charge in [-0.3, -0.25) is 14.3 Å². The SMILES string of the molecule is NC(=O)c1ccc(NC(=O)c2cccc(NS(=O)(=O)c3ccccc3)c2)cc1. The highest BCUT2D eigenvalue weighted by molar-refractivity contribution is 7.92. The maximum Gasteiger partial charge on any atom is 0.261 e. The molecule has 28 heavy (non-hydrogen) atoms. The number of nitrogens with one attached hydrogen (secondary N) is 2. The molecular weight excluding hydrogens is 378 g/mol. The van der Waals surface area contributed by atoms with Crippen LogP contribution in [0.25, 0.3) is 0 Å². The molecule has 0 heterocycles.